The van der Waals surface area contributed by atoms with Crippen molar-refractivity contribution >= 4 is 30.0 Å². The lowest BCUT2D eigenvalue weighted by atomic mass is 10.1. The number of aryl methyl sites for hydroxylation is 2. The van der Waals surface area contributed by atoms with Gasteiger partial charge in [0.25, 0.3) is 11.8 Å². The molecule has 1 aliphatic heterocycles. The summed E-state index contributed by atoms with van der Waals surface area (Å²) in [5.41, 5.74) is 1.86. The fourth-order valence-electron chi connectivity index (χ4n) is 3.47. The molecule has 1 aromatic rings. The van der Waals surface area contributed by atoms with Crippen LogP contribution < -0.4 is 10.1 Å². The lowest BCUT2D eigenvalue weighted by Gasteiger charge is -2.15. The van der Waals surface area contributed by atoms with Gasteiger partial charge in [-0.1, -0.05) is 12.0 Å². The summed E-state index contributed by atoms with van der Waals surface area (Å²) in [7, 11) is 0. The van der Waals surface area contributed by atoms with E-state index >= 15 is 0 Å². The number of hydrogen-bond donors (Lipinski definition) is 1. The highest BCUT2D eigenvalue weighted by Gasteiger charge is 2.33. The number of esters is 1. The Kier molecular flexibility index (Phi) is 13.7. The minimum absolute atomic E-state index is 0.0114. The van der Waals surface area contributed by atoms with Crippen molar-refractivity contribution in [2.24, 2.45) is 0 Å². The predicted molar refractivity (Wildman–Crippen MR) is 134 cm³/mol. The Labute approximate surface area is 226 Å². The van der Waals surface area contributed by atoms with E-state index < -0.39 is 24.1 Å². The Morgan fingerprint density at radius 1 is 0.897 bits per heavy atom. The molecule has 0 aromatic heterocycles. The van der Waals surface area contributed by atoms with E-state index in [1.807, 2.05) is 6.92 Å². The quantitative estimate of drug-likeness (QED) is 0.183. The van der Waals surface area contributed by atoms with Crippen molar-refractivity contribution in [2.45, 2.75) is 59.5 Å². The first-order valence-electron chi connectivity index (χ1n) is 12.8. The molecule has 1 N–H and O–H groups in total. The summed E-state index contributed by atoms with van der Waals surface area (Å²) in [6, 6.07) is 3.35. The van der Waals surface area contributed by atoms with Crippen molar-refractivity contribution in [2.75, 3.05) is 39.6 Å². The second-order valence-electron chi connectivity index (χ2n) is 8.64. The molecule has 1 heterocycles. The highest BCUT2D eigenvalue weighted by Crippen LogP contribution is 2.25. The first-order chi connectivity index (χ1) is 18.7. The SMILES string of the molecule is CCCOC(=O)CCCOCCOCCNC(=O)Oc1c(C)cc(COC(=O)ON2C(=O)CCC2=O)cc1C. The smallest absolute Gasteiger partial charge is 0.466 e. The Balaban J connectivity index is 1.60. The third-order valence-corrected chi connectivity index (χ3v) is 5.27. The fraction of sp³-hybridized carbons (Fsp3) is 0.577. The van der Waals surface area contributed by atoms with Gasteiger partial charge in [0.05, 0.1) is 26.4 Å². The lowest BCUT2D eigenvalue weighted by Crippen LogP contribution is -2.32. The van der Waals surface area contributed by atoms with E-state index in [9.17, 15) is 24.0 Å². The minimum atomic E-state index is -1.17. The van der Waals surface area contributed by atoms with E-state index in [1.54, 1.807) is 26.0 Å². The molecule has 216 valence electrons. The molecule has 1 saturated heterocycles. The van der Waals surface area contributed by atoms with Crippen LogP contribution in [0.4, 0.5) is 9.59 Å². The summed E-state index contributed by atoms with van der Waals surface area (Å²) in [4.78, 5) is 63.0. The highest BCUT2D eigenvalue weighted by molar-refractivity contribution is 6.01. The zero-order valence-electron chi connectivity index (χ0n) is 22.6. The molecule has 13 heteroatoms. The molecule has 0 unspecified atom stereocenters. The molecular formula is C26H36N2O11. The third kappa shape index (κ3) is 11.7. The summed E-state index contributed by atoms with van der Waals surface area (Å²) in [6.45, 7) is 7.31. The van der Waals surface area contributed by atoms with Crippen LogP contribution in [0.3, 0.4) is 0 Å². The molecule has 13 nitrogen and oxygen atoms in total. The van der Waals surface area contributed by atoms with Gasteiger partial charge in [0, 0.05) is 32.4 Å². The number of amides is 3. The van der Waals surface area contributed by atoms with Crippen LogP contribution in [0.2, 0.25) is 0 Å². The molecule has 0 spiro atoms. The van der Waals surface area contributed by atoms with Crippen LogP contribution in [-0.2, 0) is 44.8 Å². The van der Waals surface area contributed by atoms with E-state index in [-0.39, 0.29) is 38.6 Å². The van der Waals surface area contributed by atoms with Gasteiger partial charge in [-0.15, -0.1) is 0 Å². The zero-order valence-corrected chi connectivity index (χ0v) is 22.6. The standard InChI is InChI=1S/C26H36N2O11/c1-4-10-36-23(31)6-5-11-34-13-14-35-12-9-27-25(32)38-24-18(2)15-20(16-19(24)3)17-37-26(33)39-28-21(29)7-8-22(28)30/h15-16H,4-14,17H2,1-3H3,(H,27,32). The van der Waals surface area contributed by atoms with Crippen molar-refractivity contribution in [3.63, 3.8) is 0 Å². The number of hydrogen-bond acceptors (Lipinski definition) is 11. The maximum absolute atomic E-state index is 12.2. The fourth-order valence-corrected chi connectivity index (χ4v) is 3.47. The van der Waals surface area contributed by atoms with Crippen molar-refractivity contribution in [1.29, 1.82) is 0 Å². The zero-order chi connectivity index (χ0) is 28.6. The maximum atomic E-state index is 12.2. The number of hydroxylamine groups is 2. The number of imide groups is 1. The minimum Gasteiger partial charge on any atom is -0.466 e. The maximum Gasteiger partial charge on any atom is 0.534 e. The Morgan fingerprint density at radius 3 is 2.18 bits per heavy atom. The summed E-state index contributed by atoms with van der Waals surface area (Å²) in [6.07, 6.45) is -0.145. The van der Waals surface area contributed by atoms with Gasteiger partial charge in [-0.2, -0.15) is 0 Å². The first-order valence-corrected chi connectivity index (χ1v) is 12.8. The molecule has 2 rings (SSSR count). The second-order valence-corrected chi connectivity index (χ2v) is 8.64. The van der Waals surface area contributed by atoms with E-state index in [1.165, 1.54) is 0 Å². The normalized spacial score (nSPS) is 12.8. The van der Waals surface area contributed by atoms with Crippen molar-refractivity contribution in [3.8, 4) is 5.75 Å². The largest absolute Gasteiger partial charge is 0.534 e. The van der Waals surface area contributed by atoms with Gasteiger partial charge in [0.2, 0.25) is 0 Å². The summed E-state index contributed by atoms with van der Waals surface area (Å²) >= 11 is 0. The molecule has 3 amide bonds. The number of nitrogens with zero attached hydrogens (tertiary/aromatic N) is 1. The molecule has 1 fully saturated rings. The molecule has 1 aromatic carbocycles. The highest BCUT2D eigenvalue weighted by atomic mass is 16.8. The molecule has 0 radical (unpaired) electrons. The van der Waals surface area contributed by atoms with Gasteiger partial charge in [0.1, 0.15) is 12.4 Å². The molecule has 0 atom stereocenters. The van der Waals surface area contributed by atoms with Gasteiger partial charge >= 0.3 is 18.2 Å². The van der Waals surface area contributed by atoms with Gasteiger partial charge in [-0.3, -0.25) is 19.2 Å². The van der Waals surface area contributed by atoms with Gasteiger partial charge < -0.3 is 29.0 Å². The predicted octanol–water partition coefficient (Wildman–Crippen LogP) is 2.88. The van der Waals surface area contributed by atoms with Crippen molar-refractivity contribution in [3.05, 3.63) is 28.8 Å². The molecule has 39 heavy (non-hydrogen) atoms. The topological polar surface area (TPSA) is 156 Å². The van der Waals surface area contributed by atoms with Crippen LogP contribution in [0.1, 0.15) is 55.7 Å². The second kappa shape index (κ2) is 17.0. The van der Waals surface area contributed by atoms with Crippen LogP contribution >= 0.6 is 0 Å². The Hall–Kier alpha value is -3.71. The molecular weight excluding hydrogens is 516 g/mol. The molecule has 0 saturated carbocycles. The number of ether oxygens (including phenoxy) is 5. The van der Waals surface area contributed by atoms with Crippen LogP contribution in [0.15, 0.2) is 12.1 Å². The average molecular weight is 553 g/mol. The van der Waals surface area contributed by atoms with Crippen LogP contribution in [-0.4, -0.2) is 74.7 Å². The summed E-state index contributed by atoms with van der Waals surface area (Å²) in [5, 5.41) is 3.01. The van der Waals surface area contributed by atoms with Crippen LogP contribution in [0.25, 0.3) is 0 Å². The molecule has 0 bridgehead atoms. The van der Waals surface area contributed by atoms with Crippen LogP contribution in [0.5, 0.6) is 5.75 Å². The molecule has 0 aliphatic carbocycles. The molecule has 1 aliphatic rings. The summed E-state index contributed by atoms with van der Waals surface area (Å²) in [5.74, 6) is -1.06. The van der Waals surface area contributed by atoms with Crippen molar-refractivity contribution < 1.29 is 52.5 Å². The van der Waals surface area contributed by atoms with E-state index in [0.717, 1.165) is 6.42 Å². The first kappa shape index (κ1) is 31.5. The number of carbonyl (C=O) groups is 5. The van der Waals surface area contributed by atoms with Gasteiger partial charge in [-0.25, -0.2) is 9.59 Å². The van der Waals surface area contributed by atoms with E-state index in [0.29, 0.717) is 66.8 Å². The monoisotopic (exact) mass is 552 g/mol. The van der Waals surface area contributed by atoms with Gasteiger partial charge in [-0.05, 0) is 55.5 Å². The number of benzene rings is 1. The van der Waals surface area contributed by atoms with Crippen LogP contribution in [0, 0.1) is 13.8 Å². The average Bonchev–Trinajstić information content (AvgIpc) is 3.21. The Morgan fingerprint density at radius 2 is 1.54 bits per heavy atom. The number of nitrogens with one attached hydrogen (secondary N) is 1. The Bertz CT molecular complexity index is 973. The number of carbonyl (C=O) groups excluding carboxylic acids is 5. The van der Waals surface area contributed by atoms with E-state index in [4.69, 9.17) is 23.7 Å². The summed E-state index contributed by atoms with van der Waals surface area (Å²) < 4.78 is 26.2. The number of rotatable bonds is 16. The third-order valence-electron chi connectivity index (χ3n) is 5.27. The van der Waals surface area contributed by atoms with E-state index in [2.05, 4.69) is 10.2 Å². The lowest BCUT2D eigenvalue weighted by molar-refractivity contribution is -0.177. The van der Waals surface area contributed by atoms with Gasteiger partial charge in [0.15, 0.2) is 0 Å². The van der Waals surface area contributed by atoms with Crippen molar-refractivity contribution in [1.82, 2.24) is 10.4 Å².